The van der Waals surface area contributed by atoms with Crippen LogP contribution >= 0.6 is 11.6 Å². The number of nitrogens with one attached hydrogen (secondary N) is 2. The van der Waals surface area contributed by atoms with Crippen molar-refractivity contribution in [3.05, 3.63) is 64.1 Å². The lowest BCUT2D eigenvalue weighted by Gasteiger charge is -2.29. The molecule has 1 atom stereocenters. The maximum atomic E-state index is 13.5. The van der Waals surface area contributed by atoms with Crippen LogP contribution in [0.1, 0.15) is 18.5 Å². The summed E-state index contributed by atoms with van der Waals surface area (Å²) in [5, 5.41) is 4.63. The maximum Gasteiger partial charge on any atom is 0.338 e. The summed E-state index contributed by atoms with van der Waals surface area (Å²) in [7, 11) is -1.25. The zero-order valence-corrected chi connectivity index (χ0v) is 20.1. The predicted octanol–water partition coefficient (Wildman–Crippen LogP) is 3.14. The summed E-state index contributed by atoms with van der Waals surface area (Å²) in [4.78, 5) is 25.1. The van der Waals surface area contributed by atoms with Crippen molar-refractivity contribution >= 4 is 33.4 Å². The van der Waals surface area contributed by atoms with E-state index in [1.54, 1.807) is 25.1 Å². The summed E-state index contributed by atoms with van der Waals surface area (Å²) in [6.07, 6.45) is 0. The molecule has 1 heterocycles. The van der Waals surface area contributed by atoms with Gasteiger partial charge in [0.05, 0.1) is 48.1 Å². The number of urea groups is 1. The molecule has 0 fully saturated rings. The Balaban J connectivity index is 2.13. The van der Waals surface area contributed by atoms with Gasteiger partial charge in [-0.2, -0.15) is 0 Å². The molecule has 0 saturated carbocycles. The molecule has 1 aliphatic rings. The van der Waals surface area contributed by atoms with Crippen LogP contribution in [-0.2, 0) is 19.4 Å². The summed E-state index contributed by atoms with van der Waals surface area (Å²) in [6, 6.07) is 5.90. The Morgan fingerprint density at radius 3 is 2.44 bits per heavy atom. The van der Waals surface area contributed by atoms with Gasteiger partial charge in [0.15, 0.2) is 21.3 Å². The number of carbonyl (C=O) groups excluding carboxylic acids is 2. The number of methoxy groups -OCH3 is 2. The molecule has 1 unspecified atom stereocenters. The van der Waals surface area contributed by atoms with E-state index in [-0.39, 0.29) is 27.8 Å². The van der Waals surface area contributed by atoms with Gasteiger partial charge >= 0.3 is 12.0 Å². The third-order valence-corrected chi connectivity index (χ3v) is 6.90. The van der Waals surface area contributed by atoms with Crippen LogP contribution in [0.25, 0.3) is 0 Å². The molecule has 182 valence electrons. The SMILES string of the molecule is CCOC(=O)C1=C(CS(=O)(=O)c2ccc(F)c(Cl)c2)NC(=O)NC1c1ccc(OC)c(OC)c1. The molecular formula is C22H22ClFN2O7S. The van der Waals surface area contributed by atoms with Crippen molar-refractivity contribution in [2.45, 2.75) is 17.9 Å². The van der Waals surface area contributed by atoms with Crippen LogP contribution < -0.4 is 20.1 Å². The minimum atomic E-state index is -4.14. The Morgan fingerprint density at radius 1 is 1.12 bits per heavy atom. The highest BCUT2D eigenvalue weighted by atomic mass is 35.5. The van der Waals surface area contributed by atoms with Crippen molar-refractivity contribution in [3.8, 4) is 11.5 Å². The Bertz CT molecular complexity index is 1260. The molecular weight excluding hydrogens is 491 g/mol. The lowest BCUT2D eigenvalue weighted by atomic mass is 9.95. The van der Waals surface area contributed by atoms with E-state index < -0.39 is 39.4 Å². The van der Waals surface area contributed by atoms with Crippen molar-refractivity contribution < 1.29 is 36.6 Å². The standard InChI is InChI=1S/C22H22ClFN2O7S/c1-4-33-21(27)19-16(11-34(29,30)13-6-7-15(24)14(23)10-13)25-22(28)26-20(19)12-5-8-17(31-2)18(9-12)32-3/h5-10,20H,4,11H2,1-3H3,(H2,25,26,28). The van der Waals surface area contributed by atoms with E-state index in [4.69, 9.17) is 25.8 Å². The molecule has 1 aliphatic heterocycles. The van der Waals surface area contributed by atoms with Gasteiger partial charge in [0, 0.05) is 5.70 Å². The fourth-order valence-corrected chi connectivity index (χ4v) is 5.00. The number of carbonyl (C=O) groups is 2. The second kappa shape index (κ2) is 10.3. The van der Waals surface area contributed by atoms with Gasteiger partial charge in [-0.25, -0.2) is 22.4 Å². The molecule has 0 radical (unpaired) electrons. The summed E-state index contributed by atoms with van der Waals surface area (Å²) < 4.78 is 55.3. The molecule has 2 aromatic rings. The molecule has 2 amide bonds. The van der Waals surface area contributed by atoms with Crippen LogP contribution in [0.15, 0.2) is 52.6 Å². The van der Waals surface area contributed by atoms with Gasteiger partial charge in [-0.1, -0.05) is 17.7 Å². The summed E-state index contributed by atoms with van der Waals surface area (Å²) in [5.74, 6) is -1.61. The van der Waals surface area contributed by atoms with Gasteiger partial charge < -0.3 is 24.8 Å². The lowest BCUT2D eigenvalue weighted by Crippen LogP contribution is -2.47. The van der Waals surface area contributed by atoms with Crippen molar-refractivity contribution in [3.63, 3.8) is 0 Å². The molecule has 0 spiro atoms. The Morgan fingerprint density at radius 2 is 1.82 bits per heavy atom. The average Bonchev–Trinajstić information content (AvgIpc) is 2.79. The van der Waals surface area contributed by atoms with E-state index >= 15 is 0 Å². The number of hydrogen-bond donors (Lipinski definition) is 2. The van der Waals surface area contributed by atoms with Crippen LogP contribution in [0.2, 0.25) is 5.02 Å². The number of ether oxygens (including phenoxy) is 3. The van der Waals surface area contributed by atoms with Crippen LogP contribution in [0, 0.1) is 5.82 Å². The van der Waals surface area contributed by atoms with Crippen molar-refractivity contribution in [2.24, 2.45) is 0 Å². The highest BCUT2D eigenvalue weighted by Crippen LogP contribution is 2.35. The van der Waals surface area contributed by atoms with E-state index in [9.17, 15) is 22.4 Å². The van der Waals surface area contributed by atoms with Gasteiger partial charge in [0.2, 0.25) is 0 Å². The molecule has 12 heteroatoms. The first kappa shape index (κ1) is 25.3. The molecule has 9 nitrogen and oxygen atoms in total. The third kappa shape index (κ3) is 5.26. The topological polar surface area (TPSA) is 120 Å². The molecule has 2 N–H and O–H groups in total. The second-order valence-corrected chi connectivity index (χ2v) is 9.49. The third-order valence-electron chi connectivity index (χ3n) is 4.97. The Hall–Kier alpha value is -3.31. The van der Waals surface area contributed by atoms with E-state index in [1.807, 2.05) is 0 Å². The van der Waals surface area contributed by atoms with Crippen LogP contribution in [0.3, 0.4) is 0 Å². The highest BCUT2D eigenvalue weighted by Gasteiger charge is 2.36. The molecule has 0 aliphatic carbocycles. The van der Waals surface area contributed by atoms with Gasteiger partial charge in [-0.15, -0.1) is 0 Å². The fraction of sp³-hybridized carbons (Fsp3) is 0.273. The smallest absolute Gasteiger partial charge is 0.338 e. The molecule has 0 bridgehead atoms. The largest absolute Gasteiger partial charge is 0.493 e. The average molecular weight is 513 g/mol. The first-order valence-corrected chi connectivity index (χ1v) is 12.0. The van der Waals surface area contributed by atoms with E-state index in [0.717, 1.165) is 18.2 Å². The molecule has 3 rings (SSSR count). The first-order valence-electron chi connectivity index (χ1n) is 9.98. The number of esters is 1. The summed E-state index contributed by atoms with van der Waals surface area (Å²) in [5.41, 5.74) is 0.142. The number of halogens is 2. The minimum Gasteiger partial charge on any atom is -0.493 e. The van der Waals surface area contributed by atoms with Crippen molar-refractivity contribution in [1.29, 1.82) is 0 Å². The van der Waals surface area contributed by atoms with Crippen LogP contribution in [0.4, 0.5) is 9.18 Å². The van der Waals surface area contributed by atoms with Crippen molar-refractivity contribution in [2.75, 3.05) is 26.6 Å². The number of amides is 2. The maximum absolute atomic E-state index is 13.5. The quantitative estimate of drug-likeness (QED) is 0.412. The highest BCUT2D eigenvalue weighted by molar-refractivity contribution is 7.91. The van der Waals surface area contributed by atoms with Gasteiger partial charge in [0.1, 0.15) is 5.82 Å². The van der Waals surface area contributed by atoms with Crippen LogP contribution in [-0.4, -0.2) is 47.0 Å². The Kier molecular flexibility index (Phi) is 7.68. The van der Waals surface area contributed by atoms with Gasteiger partial charge in [-0.05, 0) is 42.8 Å². The predicted molar refractivity (Wildman–Crippen MR) is 121 cm³/mol. The van der Waals surface area contributed by atoms with Gasteiger partial charge in [0.25, 0.3) is 0 Å². The summed E-state index contributed by atoms with van der Waals surface area (Å²) >= 11 is 5.74. The van der Waals surface area contributed by atoms with E-state index in [2.05, 4.69) is 10.6 Å². The minimum absolute atomic E-state index is 0.0164. The normalized spacial score (nSPS) is 15.9. The molecule has 0 aromatic heterocycles. The zero-order valence-electron chi connectivity index (χ0n) is 18.5. The molecule has 34 heavy (non-hydrogen) atoms. The molecule has 0 saturated heterocycles. The van der Waals surface area contributed by atoms with Gasteiger partial charge in [-0.3, -0.25) is 0 Å². The molecule has 2 aromatic carbocycles. The number of hydrogen-bond acceptors (Lipinski definition) is 7. The summed E-state index contributed by atoms with van der Waals surface area (Å²) in [6.45, 7) is 1.61. The number of sulfone groups is 1. The first-order chi connectivity index (χ1) is 16.1. The monoisotopic (exact) mass is 512 g/mol. The van der Waals surface area contributed by atoms with Crippen LogP contribution in [0.5, 0.6) is 11.5 Å². The van der Waals surface area contributed by atoms with E-state index in [0.29, 0.717) is 17.1 Å². The van der Waals surface area contributed by atoms with Crippen molar-refractivity contribution in [1.82, 2.24) is 10.6 Å². The Labute approximate surface area is 200 Å². The zero-order chi connectivity index (χ0) is 25.0. The number of benzene rings is 2. The number of rotatable bonds is 8. The lowest BCUT2D eigenvalue weighted by molar-refractivity contribution is -0.139. The second-order valence-electron chi connectivity index (χ2n) is 7.09. The fourth-order valence-electron chi connectivity index (χ4n) is 3.41. The van der Waals surface area contributed by atoms with E-state index in [1.165, 1.54) is 14.2 Å².